The first-order chi connectivity index (χ1) is 10.0. The van der Waals surface area contributed by atoms with Crippen molar-refractivity contribution in [1.29, 1.82) is 0 Å². The van der Waals surface area contributed by atoms with Crippen LogP contribution >= 0.6 is 27.3 Å². The molecule has 3 aromatic rings. The molecule has 108 valence electrons. The van der Waals surface area contributed by atoms with Crippen molar-refractivity contribution in [2.24, 2.45) is 0 Å². The van der Waals surface area contributed by atoms with Crippen molar-refractivity contribution in [2.75, 3.05) is 0 Å². The van der Waals surface area contributed by atoms with Crippen LogP contribution in [0.15, 0.2) is 40.9 Å². The molecule has 0 fully saturated rings. The van der Waals surface area contributed by atoms with Gasteiger partial charge in [-0.05, 0) is 42.7 Å². The molecule has 3 rings (SSSR count). The largest absolute Gasteiger partial charge is 0.388 e. The number of hydrogen-bond acceptors (Lipinski definition) is 3. The molecule has 0 aliphatic carbocycles. The van der Waals surface area contributed by atoms with Gasteiger partial charge in [0.15, 0.2) is 0 Å². The fourth-order valence-corrected chi connectivity index (χ4v) is 3.70. The third kappa shape index (κ3) is 3.03. The first-order valence-electron chi connectivity index (χ1n) is 6.84. The minimum atomic E-state index is -0.518. The lowest BCUT2D eigenvalue weighted by Gasteiger charge is -2.13. The fraction of sp³-hybridized carbons (Fsp3) is 0.235. The third-order valence-corrected chi connectivity index (χ3v) is 5.86. The monoisotopic (exact) mass is 361 g/mol. The van der Waals surface area contributed by atoms with Gasteiger partial charge in [0.1, 0.15) is 0 Å². The van der Waals surface area contributed by atoms with Crippen molar-refractivity contribution in [1.82, 2.24) is 4.98 Å². The SMILES string of the molecule is Cc1cc(C(O)Cc2nc3ccccc3s2)cc(C)c1Br. The van der Waals surface area contributed by atoms with E-state index < -0.39 is 6.10 Å². The molecule has 0 spiro atoms. The Bertz CT molecular complexity index is 740. The molecule has 2 aromatic carbocycles. The van der Waals surface area contributed by atoms with Crippen LogP contribution in [-0.4, -0.2) is 10.1 Å². The summed E-state index contributed by atoms with van der Waals surface area (Å²) in [6, 6.07) is 12.2. The Balaban J connectivity index is 1.87. The standard InChI is InChI=1S/C17H16BrNOS/c1-10-7-12(8-11(2)17(10)18)14(20)9-16-19-13-5-3-4-6-15(13)21-16/h3-8,14,20H,9H2,1-2H3. The molecule has 1 atom stereocenters. The number of rotatable bonds is 3. The maximum atomic E-state index is 10.5. The van der Waals surface area contributed by atoms with E-state index in [1.165, 1.54) is 4.70 Å². The first-order valence-corrected chi connectivity index (χ1v) is 8.44. The van der Waals surface area contributed by atoms with E-state index in [0.717, 1.165) is 31.7 Å². The van der Waals surface area contributed by atoms with Crippen LogP contribution in [0.4, 0.5) is 0 Å². The second-order valence-electron chi connectivity index (χ2n) is 5.26. The normalized spacial score (nSPS) is 12.8. The molecule has 1 N–H and O–H groups in total. The predicted molar refractivity (Wildman–Crippen MR) is 91.9 cm³/mol. The highest BCUT2D eigenvalue weighted by molar-refractivity contribution is 9.10. The second kappa shape index (κ2) is 5.87. The Labute approximate surface area is 136 Å². The number of aromatic nitrogens is 1. The molecule has 2 nitrogen and oxygen atoms in total. The molecule has 1 unspecified atom stereocenters. The average molecular weight is 362 g/mol. The van der Waals surface area contributed by atoms with Gasteiger partial charge in [-0.2, -0.15) is 0 Å². The highest BCUT2D eigenvalue weighted by Gasteiger charge is 2.14. The van der Waals surface area contributed by atoms with Crippen LogP contribution in [0.3, 0.4) is 0 Å². The van der Waals surface area contributed by atoms with Gasteiger partial charge < -0.3 is 5.11 Å². The highest BCUT2D eigenvalue weighted by Crippen LogP contribution is 2.29. The summed E-state index contributed by atoms with van der Waals surface area (Å²) in [6.45, 7) is 4.09. The van der Waals surface area contributed by atoms with Gasteiger partial charge in [-0.25, -0.2) is 4.98 Å². The zero-order chi connectivity index (χ0) is 15.0. The molecule has 0 saturated heterocycles. The van der Waals surface area contributed by atoms with E-state index in [1.807, 2.05) is 44.2 Å². The number of fused-ring (bicyclic) bond motifs is 1. The maximum absolute atomic E-state index is 10.5. The number of nitrogens with zero attached hydrogens (tertiary/aromatic N) is 1. The van der Waals surface area contributed by atoms with Crippen LogP contribution in [-0.2, 0) is 6.42 Å². The van der Waals surface area contributed by atoms with Gasteiger partial charge in [0.25, 0.3) is 0 Å². The lowest BCUT2D eigenvalue weighted by molar-refractivity contribution is 0.178. The van der Waals surface area contributed by atoms with E-state index in [4.69, 9.17) is 0 Å². The molecule has 0 saturated carbocycles. The summed E-state index contributed by atoms with van der Waals surface area (Å²) in [5.74, 6) is 0. The van der Waals surface area contributed by atoms with Crippen molar-refractivity contribution in [2.45, 2.75) is 26.4 Å². The molecular formula is C17H16BrNOS. The zero-order valence-electron chi connectivity index (χ0n) is 11.9. The van der Waals surface area contributed by atoms with Crippen molar-refractivity contribution < 1.29 is 5.11 Å². The molecule has 0 amide bonds. The number of aliphatic hydroxyl groups excluding tert-OH is 1. The van der Waals surface area contributed by atoms with Crippen LogP contribution in [0, 0.1) is 13.8 Å². The van der Waals surface area contributed by atoms with Gasteiger partial charge in [0, 0.05) is 10.9 Å². The van der Waals surface area contributed by atoms with Gasteiger partial charge in [-0.3, -0.25) is 0 Å². The number of aliphatic hydroxyl groups is 1. The summed E-state index contributed by atoms with van der Waals surface area (Å²) >= 11 is 5.21. The number of hydrogen-bond donors (Lipinski definition) is 1. The summed E-state index contributed by atoms with van der Waals surface area (Å²) in [6.07, 6.45) is 0.0379. The quantitative estimate of drug-likeness (QED) is 0.715. The Morgan fingerprint density at radius 3 is 2.52 bits per heavy atom. The van der Waals surface area contributed by atoms with Crippen LogP contribution in [0.25, 0.3) is 10.2 Å². The molecule has 21 heavy (non-hydrogen) atoms. The van der Waals surface area contributed by atoms with Gasteiger partial charge >= 0.3 is 0 Å². The van der Waals surface area contributed by atoms with Crippen LogP contribution in [0.2, 0.25) is 0 Å². The molecular weight excluding hydrogens is 346 g/mol. The molecule has 1 heterocycles. The predicted octanol–water partition coefficient (Wildman–Crippen LogP) is 4.95. The van der Waals surface area contributed by atoms with Crippen molar-refractivity contribution >= 4 is 37.5 Å². The molecule has 0 radical (unpaired) electrons. The Hall–Kier alpha value is -1.23. The number of benzene rings is 2. The number of thiazole rings is 1. The maximum Gasteiger partial charge on any atom is 0.0967 e. The van der Waals surface area contributed by atoms with Gasteiger partial charge in [-0.15, -0.1) is 11.3 Å². The lowest BCUT2D eigenvalue weighted by atomic mass is 10.0. The van der Waals surface area contributed by atoms with Crippen LogP contribution < -0.4 is 0 Å². The fourth-order valence-electron chi connectivity index (χ4n) is 2.46. The number of para-hydroxylation sites is 1. The second-order valence-corrected chi connectivity index (χ2v) is 7.17. The molecule has 1 aromatic heterocycles. The minimum absolute atomic E-state index is 0.518. The summed E-state index contributed by atoms with van der Waals surface area (Å²) in [7, 11) is 0. The summed E-state index contributed by atoms with van der Waals surface area (Å²) in [5, 5.41) is 11.5. The van der Waals surface area contributed by atoms with E-state index in [1.54, 1.807) is 11.3 Å². The van der Waals surface area contributed by atoms with E-state index in [-0.39, 0.29) is 0 Å². The number of halogens is 1. The van der Waals surface area contributed by atoms with E-state index >= 15 is 0 Å². The van der Waals surface area contributed by atoms with E-state index in [2.05, 4.69) is 27.0 Å². The molecule has 0 bridgehead atoms. The smallest absolute Gasteiger partial charge is 0.0967 e. The summed E-state index contributed by atoms with van der Waals surface area (Å²) < 4.78 is 2.28. The third-order valence-electron chi connectivity index (χ3n) is 3.55. The lowest BCUT2D eigenvalue weighted by Crippen LogP contribution is -2.03. The molecule has 4 heteroatoms. The highest BCUT2D eigenvalue weighted by atomic mass is 79.9. The topological polar surface area (TPSA) is 33.1 Å². The Kier molecular flexibility index (Phi) is 4.11. The van der Waals surface area contributed by atoms with E-state index in [9.17, 15) is 5.11 Å². The number of aryl methyl sites for hydroxylation is 2. The Morgan fingerprint density at radius 1 is 1.19 bits per heavy atom. The van der Waals surface area contributed by atoms with Crippen molar-refractivity contribution in [3.8, 4) is 0 Å². The average Bonchev–Trinajstić information content (AvgIpc) is 2.86. The Morgan fingerprint density at radius 2 is 1.86 bits per heavy atom. The molecule has 0 aliphatic heterocycles. The zero-order valence-corrected chi connectivity index (χ0v) is 14.3. The van der Waals surface area contributed by atoms with E-state index in [0.29, 0.717) is 6.42 Å². The van der Waals surface area contributed by atoms with Gasteiger partial charge in [0.05, 0.1) is 21.3 Å². The first kappa shape index (κ1) is 14.7. The van der Waals surface area contributed by atoms with Gasteiger partial charge in [0.2, 0.25) is 0 Å². The van der Waals surface area contributed by atoms with Gasteiger partial charge in [-0.1, -0.05) is 40.2 Å². The molecule has 0 aliphatic rings. The summed E-state index contributed by atoms with van der Waals surface area (Å²) in [4.78, 5) is 4.59. The summed E-state index contributed by atoms with van der Waals surface area (Å²) in [5.41, 5.74) is 4.25. The van der Waals surface area contributed by atoms with Crippen LogP contribution in [0.5, 0.6) is 0 Å². The minimum Gasteiger partial charge on any atom is -0.388 e. The van der Waals surface area contributed by atoms with Crippen molar-refractivity contribution in [3.63, 3.8) is 0 Å². The van der Waals surface area contributed by atoms with Crippen molar-refractivity contribution in [3.05, 3.63) is 62.6 Å². The van der Waals surface area contributed by atoms with Crippen LogP contribution in [0.1, 0.15) is 27.8 Å².